The van der Waals surface area contributed by atoms with Crippen molar-refractivity contribution in [2.24, 2.45) is 5.73 Å². The number of hydrogen-bond acceptors (Lipinski definition) is 4. The number of nitrogens with zero attached hydrogens (tertiary/aromatic N) is 1. The summed E-state index contributed by atoms with van der Waals surface area (Å²) < 4.78 is 0. The highest BCUT2D eigenvalue weighted by Crippen LogP contribution is 2.43. The van der Waals surface area contributed by atoms with Crippen molar-refractivity contribution in [2.75, 3.05) is 0 Å². The predicted octanol–water partition coefficient (Wildman–Crippen LogP) is 4.08. The normalized spacial score (nSPS) is 14.8. The summed E-state index contributed by atoms with van der Waals surface area (Å²) in [6, 6.07) is 8.52. The fourth-order valence-corrected chi connectivity index (χ4v) is 4.21. The van der Waals surface area contributed by atoms with Gasteiger partial charge in [0.2, 0.25) is 0 Å². The van der Waals surface area contributed by atoms with E-state index in [4.69, 9.17) is 10.7 Å². The SMILES string of the molecule is Cc1ccccc1SCc1nc(C2CC2)c(CN)s1. The molecule has 1 saturated carbocycles. The fraction of sp³-hybridized carbons (Fsp3) is 0.400. The lowest BCUT2D eigenvalue weighted by molar-refractivity contribution is 0.968. The third-order valence-electron chi connectivity index (χ3n) is 3.37. The van der Waals surface area contributed by atoms with Crippen LogP contribution in [0.25, 0.3) is 0 Å². The summed E-state index contributed by atoms with van der Waals surface area (Å²) in [7, 11) is 0. The van der Waals surface area contributed by atoms with Gasteiger partial charge in [-0.2, -0.15) is 0 Å². The number of thioether (sulfide) groups is 1. The Labute approximate surface area is 122 Å². The number of thiazole rings is 1. The second-order valence-corrected chi connectivity index (χ2v) is 7.13. The minimum absolute atomic E-state index is 0.637. The predicted molar refractivity (Wildman–Crippen MR) is 82.7 cm³/mol. The van der Waals surface area contributed by atoms with Crippen LogP contribution in [-0.4, -0.2) is 4.98 Å². The number of aryl methyl sites for hydroxylation is 1. The zero-order chi connectivity index (χ0) is 13.2. The molecule has 3 rings (SSSR count). The first-order chi connectivity index (χ1) is 9.28. The standard InChI is InChI=1S/C15H18N2S2/c1-10-4-2-3-5-12(10)18-9-14-17-15(11-6-7-11)13(8-16)19-14/h2-5,11H,6-9,16H2,1H3. The second kappa shape index (κ2) is 5.65. The van der Waals surface area contributed by atoms with Crippen molar-refractivity contribution in [3.8, 4) is 0 Å². The Balaban J connectivity index is 1.71. The van der Waals surface area contributed by atoms with Crippen molar-refractivity contribution in [3.05, 3.63) is 45.4 Å². The molecule has 0 atom stereocenters. The highest BCUT2D eigenvalue weighted by atomic mass is 32.2. The van der Waals surface area contributed by atoms with Crippen molar-refractivity contribution >= 4 is 23.1 Å². The Morgan fingerprint density at radius 3 is 2.84 bits per heavy atom. The highest BCUT2D eigenvalue weighted by molar-refractivity contribution is 7.98. The molecule has 1 aromatic heterocycles. The second-order valence-electron chi connectivity index (χ2n) is 4.95. The van der Waals surface area contributed by atoms with Crippen LogP contribution in [0, 0.1) is 6.92 Å². The Morgan fingerprint density at radius 1 is 1.37 bits per heavy atom. The molecule has 2 nitrogen and oxygen atoms in total. The molecule has 0 bridgehead atoms. The average Bonchev–Trinajstić information content (AvgIpc) is 3.18. The third kappa shape index (κ3) is 3.02. The molecular weight excluding hydrogens is 272 g/mol. The van der Waals surface area contributed by atoms with Gasteiger partial charge in [0.25, 0.3) is 0 Å². The lowest BCUT2D eigenvalue weighted by Crippen LogP contribution is -1.96. The van der Waals surface area contributed by atoms with Gasteiger partial charge in [-0.1, -0.05) is 18.2 Å². The Morgan fingerprint density at radius 2 is 2.16 bits per heavy atom. The van der Waals surface area contributed by atoms with Gasteiger partial charge < -0.3 is 5.73 Å². The van der Waals surface area contributed by atoms with E-state index in [0.29, 0.717) is 12.5 Å². The maximum atomic E-state index is 5.82. The van der Waals surface area contributed by atoms with Crippen molar-refractivity contribution in [3.63, 3.8) is 0 Å². The van der Waals surface area contributed by atoms with E-state index in [9.17, 15) is 0 Å². The van der Waals surface area contributed by atoms with Crippen molar-refractivity contribution in [1.29, 1.82) is 0 Å². The minimum Gasteiger partial charge on any atom is -0.326 e. The van der Waals surface area contributed by atoms with Crippen molar-refractivity contribution in [2.45, 2.75) is 42.9 Å². The summed E-state index contributed by atoms with van der Waals surface area (Å²) in [4.78, 5) is 7.45. The van der Waals surface area contributed by atoms with E-state index >= 15 is 0 Å². The maximum absolute atomic E-state index is 5.82. The summed E-state index contributed by atoms with van der Waals surface area (Å²) in [5.41, 5.74) is 8.45. The molecule has 1 heterocycles. The largest absolute Gasteiger partial charge is 0.326 e. The first kappa shape index (κ1) is 13.2. The van der Waals surface area contributed by atoms with E-state index in [1.54, 1.807) is 11.3 Å². The average molecular weight is 290 g/mol. The van der Waals surface area contributed by atoms with Gasteiger partial charge in [0, 0.05) is 22.2 Å². The monoisotopic (exact) mass is 290 g/mol. The van der Waals surface area contributed by atoms with Crippen molar-refractivity contribution < 1.29 is 0 Å². The van der Waals surface area contributed by atoms with E-state index in [0.717, 1.165) is 5.75 Å². The molecule has 1 fully saturated rings. The molecule has 0 radical (unpaired) electrons. The molecule has 2 N–H and O–H groups in total. The molecule has 4 heteroatoms. The molecule has 1 aliphatic carbocycles. The van der Waals surface area contributed by atoms with E-state index < -0.39 is 0 Å². The molecule has 0 unspecified atom stereocenters. The zero-order valence-electron chi connectivity index (χ0n) is 11.1. The number of hydrogen-bond donors (Lipinski definition) is 1. The summed E-state index contributed by atoms with van der Waals surface area (Å²) in [6.07, 6.45) is 2.59. The van der Waals surface area contributed by atoms with Crippen LogP contribution in [0.1, 0.15) is 39.9 Å². The van der Waals surface area contributed by atoms with Crippen LogP contribution in [0.2, 0.25) is 0 Å². The fourth-order valence-electron chi connectivity index (χ4n) is 2.16. The molecule has 2 aromatic rings. The Kier molecular flexibility index (Phi) is 3.91. The number of benzene rings is 1. The van der Waals surface area contributed by atoms with Gasteiger partial charge in [-0.05, 0) is 31.4 Å². The maximum Gasteiger partial charge on any atom is 0.103 e. The van der Waals surface area contributed by atoms with Crippen LogP contribution in [-0.2, 0) is 12.3 Å². The minimum atomic E-state index is 0.637. The quantitative estimate of drug-likeness (QED) is 0.843. The van der Waals surface area contributed by atoms with Gasteiger partial charge in [0.15, 0.2) is 0 Å². The van der Waals surface area contributed by atoms with Gasteiger partial charge in [0.1, 0.15) is 5.01 Å². The number of rotatable bonds is 5. The lowest BCUT2D eigenvalue weighted by Gasteiger charge is -2.02. The van der Waals surface area contributed by atoms with E-state index in [1.807, 2.05) is 11.8 Å². The molecular formula is C15H18N2S2. The first-order valence-corrected chi connectivity index (χ1v) is 8.45. The Bertz CT molecular complexity index is 573. The van der Waals surface area contributed by atoms with Gasteiger partial charge in [-0.3, -0.25) is 0 Å². The summed E-state index contributed by atoms with van der Waals surface area (Å²) in [6.45, 7) is 2.80. The zero-order valence-corrected chi connectivity index (χ0v) is 12.7. The van der Waals surface area contributed by atoms with Crippen molar-refractivity contribution in [1.82, 2.24) is 4.98 Å². The van der Waals surface area contributed by atoms with Crippen LogP contribution in [0.4, 0.5) is 0 Å². The van der Waals surface area contributed by atoms with Crippen LogP contribution in [0.5, 0.6) is 0 Å². The van der Waals surface area contributed by atoms with Gasteiger partial charge in [-0.25, -0.2) is 4.98 Å². The van der Waals surface area contributed by atoms with Crippen LogP contribution in [0.3, 0.4) is 0 Å². The topological polar surface area (TPSA) is 38.9 Å². The smallest absolute Gasteiger partial charge is 0.103 e. The van der Waals surface area contributed by atoms with E-state index in [-0.39, 0.29) is 0 Å². The van der Waals surface area contributed by atoms with Crippen LogP contribution in [0.15, 0.2) is 29.2 Å². The molecule has 1 aromatic carbocycles. The number of nitrogens with two attached hydrogens (primary N) is 1. The lowest BCUT2D eigenvalue weighted by atomic mass is 10.2. The van der Waals surface area contributed by atoms with Gasteiger partial charge in [0.05, 0.1) is 11.4 Å². The highest BCUT2D eigenvalue weighted by Gasteiger charge is 2.29. The third-order valence-corrected chi connectivity index (χ3v) is 5.83. The van der Waals surface area contributed by atoms with E-state index in [1.165, 1.54) is 38.9 Å². The molecule has 19 heavy (non-hydrogen) atoms. The molecule has 0 amide bonds. The van der Waals surface area contributed by atoms with Crippen LogP contribution < -0.4 is 5.73 Å². The Hall–Kier alpha value is -0.840. The summed E-state index contributed by atoms with van der Waals surface area (Å²) in [5, 5.41) is 1.22. The van der Waals surface area contributed by atoms with Gasteiger partial charge >= 0.3 is 0 Å². The summed E-state index contributed by atoms with van der Waals surface area (Å²) in [5.74, 6) is 1.65. The van der Waals surface area contributed by atoms with E-state index in [2.05, 4.69) is 31.2 Å². The van der Waals surface area contributed by atoms with Gasteiger partial charge in [-0.15, -0.1) is 23.1 Å². The summed E-state index contributed by atoms with van der Waals surface area (Å²) >= 11 is 3.67. The number of aromatic nitrogens is 1. The molecule has 0 spiro atoms. The molecule has 0 aliphatic heterocycles. The van der Waals surface area contributed by atoms with Crippen LogP contribution >= 0.6 is 23.1 Å². The molecule has 100 valence electrons. The molecule has 1 aliphatic rings. The first-order valence-electron chi connectivity index (χ1n) is 6.65. The molecule has 0 saturated heterocycles.